The lowest BCUT2D eigenvalue weighted by Crippen LogP contribution is -2.40. The van der Waals surface area contributed by atoms with E-state index in [0.29, 0.717) is 0 Å². The summed E-state index contributed by atoms with van der Waals surface area (Å²) in [6.45, 7) is -0.517. The molecule has 0 amide bonds. The fourth-order valence-electron chi connectivity index (χ4n) is 1.82. The first-order valence-corrected chi connectivity index (χ1v) is 6.53. The van der Waals surface area contributed by atoms with Crippen LogP contribution in [0.5, 0.6) is 0 Å². The maximum absolute atomic E-state index is 9.85. The van der Waals surface area contributed by atoms with Crippen molar-refractivity contribution in [3.8, 4) is 0 Å². The molecule has 1 aliphatic heterocycles. The Bertz CT molecular complexity index is 374. The number of benzene rings is 1. The van der Waals surface area contributed by atoms with E-state index in [2.05, 4.69) is 0 Å². The summed E-state index contributed by atoms with van der Waals surface area (Å²) in [5, 5.41) is 37.9. The van der Waals surface area contributed by atoms with Gasteiger partial charge in [-0.25, -0.2) is 0 Å². The first kappa shape index (κ1) is 13.8. The minimum absolute atomic E-state index is 0.517. The monoisotopic (exact) mass is 272 g/mol. The van der Waals surface area contributed by atoms with Crippen molar-refractivity contribution in [2.24, 2.45) is 0 Å². The second-order valence-corrected chi connectivity index (χ2v) is 5.30. The summed E-state index contributed by atoms with van der Waals surface area (Å²) in [5.74, 6) is 0. The normalized spacial score (nSPS) is 33.6. The summed E-state index contributed by atoms with van der Waals surface area (Å²) in [4.78, 5) is 0.896. The molecular weight excluding hydrogens is 256 g/mol. The van der Waals surface area contributed by atoms with Crippen molar-refractivity contribution in [3.63, 3.8) is 0 Å². The van der Waals surface area contributed by atoms with E-state index in [-0.39, 0.29) is 0 Å². The van der Waals surface area contributed by atoms with E-state index in [1.54, 1.807) is 0 Å². The maximum atomic E-state index is 9.85. The predicted molar refractivity (Wildman–Crippen MR) is 66.1 cm³/mol. The maximum Gasteiger partial charge on any atom is 0.136 e. The van der Waals surface area contributed by atoms with Crippen molar-refractivity contribution < 1.29 is 25.2 Å². The lowest BCUT2D eigenvalue weighted by Gasteiger charge is -2.18. The molecule has 2 rings (SSSR count). The van der Waals surface area contributed by atoms with Crippen LogP contribution in [0.1, 0.15) is 0 Å². The second kappa shape index (κ2) is 6.01. The molecule has 0 aliphatic carbocycles. The van der Waals surface area contributed by atoms with Gasteiger partial charge in [0.1, 0.15) is 29.9 Å². The zero-order valence-corrected chi connectivity index (χ0v) is 10.4. The topological polar surface area (TPSA) is 90.2 Å². The Kier molecular flexibility index (Phi) is 4.60. The predicted octanol–water partition coefficient (Wildman–Crippen LogP) is -0.421. The highest BCUT2D eigenvalue weighted by Gasteiger charge is 2.46. The van der Waals surface area contributed by atoms with Crippen LogP contribution in [0, 0.1) is 0 Å². The molecule has 0 aromatic heterocycles. The van der Waals surface area contributed by atoms with Crippen LogP contribution in [0.25, 0.3) is 0 Å². The van der Waals surface area contributed by atoms with E-state index >= 15 is 0 Å². The minimum Gasteiger partial charge on any atom is -0.394 e. The van der Waals surface area contributed by atoms with E-state index in [9.17, 15) is 15.3 Å². The van der Waals surface area contributed by atoms with Crippen molar-refractivity contribution in [3.05, 3.63) is 30.3 Å². The first-order valence-electron chi connectivity index (χ1n) is 5.65. The van der Waals surface area contributed by atoms with Gasteiger partial charge in [-0.05, 0) is 12.1 Å². The molecule has 1 saturated heterocycles. The average molecular weight is 272 g/mol. The molecule has 1 aromatic carbocycles. The molecule has 0 radical (unpaired) electrons. The Morgan fingerprint density at radius 1 is 1.17 bits per heavy atom. The third-order valence-corrected chi connectivity index (χ3v) is 3.98. The number of aliphatic hydroxyl groups excluding tert-OH is 4. The van der Waals surface area contributed by atoms with Gasteiger partial charge < -0.3 is 25.2 Å². The highest BCUT2D eigenvalue weighted by molar-refractivity contribution is 7.99. The van der Waals surface area contributed by atoms with Gasteiger partial charge in [-0.1, -0.05) is 30.0 Å². The van der Waals surface area contributed by atoms with Gasteiger partial charge in [-0.15, -0.1) is 0 Å². The number of hydrogen-bond donors (Lipinski definition) is 4. The van der Waals surface area contributed by atoms with E-state index in [4.69, 9.17) is 9.84 Å². The molecule has 1 aromatic rings. The van der Waals surface area contributed by atoms with Crippen molar-refractivity contribution in [1.82, 2.24) is 0 Å². The zero-order valence-electron chi connectivity index (χ0n) is 9.59. The molecule has 5 nitrogen and oxygen atoms in total. The van der Waals surface area contributed by atoms with Crippen LogP contribution in [-0.2, 0) is 4.74 Å². The Labute approximate surface area is 109 Å². The summed E-state index contributed by atoms with van der Waals surface area (Å²) in [6.07, 6.45) is -4.46. The standard InChI is InChI=1S/C12H16O5S/c13-6-8(14)11-9(15)10(16)12(17-11)18-7-4-2-1-3-5-7/h1-5,8-16H,6H2/t8-,9-,10-,11+,12-/m1/s1. The van der Waals surface area contributed by atoms with E-state index in [1.807, 2.05) is 30.3 Å². The Morgan fingerprint density at radius 2 is 1.83 bits per heavy atom. The van der Waals surface area contributed by atoms with Crippen molar-refractivity contribution in [2.75, 3.05) is 6.61 Å². The van der Waals surface area contributed by atoms with Gasteiger partial charge in [0.05, 0.1) is 6.61 Å². The van der Waals surface area contributed by atoms with Crippen molar-refractivity contribution >= 4 is 11.8 Å². The number of hydrogen-bond acceptors (Lipinski definition) is 6. The first-order chi connectivity index (χ1) is 8.63. The number of aliphatic hydroxyl groups is 4. The summed E-state index contributed by atoms with van der Waals surface area (Å²) in [7, 11) is 0. The Morgan fingerprint density at radius 3 is 2.44 bits per heavy atom. The summed E-state index contributed by atoms with van der Waals surface area (Å²) < 4.78 is 5.40. The van der Waals surface area contributed by atoms with Crippen LogP contribution in [0.15, 0.2) is 35.2 Å². The Balaban J connectivity index is 2.03. The number of rotatable bonds is 4. The molecule has 0 spiro atoms. The molecule has 1 aliphatic rings. The van der Waals surface area contributed by atoms with Crippen LogP contribution in [0.3, 0.4) is 0 Å². The van der Waals surface area contributed by atoms with E-state index in [1.165, 1.54) is 11.8 Å². The van der Waals surface area contributed by atoms with Gasteiger partial charge >= 0.3 is 0 Å². The quantitative estimate of drug-likeness (QED) is 0.595. The molecular formula is C12H16O5S. The molecule has 1 heterocycles. The van der Waals surface area contributed by atoms with Crippen molar-refractivity contribution in [1.29, 1.82) is 0 Å². The van der Waals surface area contributed by atoms with Crippen LogP contribution >= 0.6 is 11.8 Å². The SMILES string of the molecule is OC[C@@H](O)[C@@H]1O[C@H](Sc2ccccc2)[C@H](O)[C@H]1O. The highest BCUT2D eigenvalue weighted by atomic mass is 32.2. The second-order valence-electron chi connectivity index (χ2n) is 4.13. The van der Waals surface area contributed by atoms with E-state index < -0.39 is 36.5 Å². The molecule has 0 unspecified atom stereocenters. The lowest BCUT2D eigenvalue weighted by molar-refractivity contribution is -0.0713. The molecule has 4 N–H and O–H groups in total. The van der Waals surface area contributed by atoms with Crippen molar-refractivity contribution in [2.45, 2.75) is 34.7 Å². The van der Waals surface area contributed by atoms with Crippen LogP contribution < -0.4 is 0 Å². The van der Waals surface area contributed by atoms with Crippen LogP contribution in [0.2, 0.25) is 0 Å². The van der Waals surface area contributed by atoms with Crippen LogP contribution in [-0.4, -0.2) is 56.9 Å². The molecule has 0 saturated carbocycles. The minimum atomic E-state index is -1.20. The van der Waals surface area contributed by atoms with Crippen LogP contribution in [0.4, 0.5) is 0 Å². The molecule has 100 valence electrons. The zero-order chi connectivity index (χ0) is 13.1. The number of thioether (sulfide) groups is 1. The van der Waals surface area contributed by atoms with Gasteiger partial charge in [0, 0.05) is 4.90 Å². The average Bonchev–Trinajstić information content (AvgIpc) is 2.67. The van der Waals surface area contributed by atoms with Gasteiger partial charge in [0.15, 0.2) is 0 Å². The highest BCUT2D eigenvalue weighted by Crippen LogP contribution is 2.35. The third kappa shape index (κ3) is 2.85. The molecule has 1 fully saturated rings. The summed E-state index contributed by atoms with van der Waals surface area (Å²) in [6, 6.07) is 9.33. The fourth-order valence-corrected chi connectivity index (χ4v) is 2.89. The summed E-state index contributed by atoms with van der Waals surface area (Å²) >= 11 is 1.27. The van der Waals surface area contributed by atoms with Gasteiger partial charge in [-0.2, -0.15) is 0 Å². The smallest absolute Gasteiger partial charge is 0.136 e. The molecule has 18 heavy (non-hydrogen) atoms. The molecule has 6 heteroatoms. The molecule has 5 atom stereocenters. The third-order valence-electron chi connectivity index (χ3n) is 2.82. The number of ether oxygens (including phenoxy) is 1. The fraction of sp³-hybridized carbons (Fsp3) is 0.500. The summed E-state index contributed by atoms with van der Waals surface area (Å²) in [5.41, 5.74) is -0.659. The van der Waals surface area contributed by atoms with Gasteiger partial charge in [0.2, 0.25) is 0 Å². The van der Waals surface area contributed by atoms with E-state index in [0.717, 1.165) is 4.90 Å². The van der Waals surface area contributed by atoms with Gasteiger partial charge in [0.25, 0.3) is 0 Å². The molecule has 0 bridgehead atoms. The lowest BCUT2D eigenvalue weighted by atomic mass is 10.1. The largest absolute Gasteiger partial charge is 0.394 e. The Hall–Kier alpha value is -0.630. The van der Waals surface area contributed by atoms with Gasteiger partial charge in [-0.3, -0.25) is 0 Å².